The molecule has 0 spiro atoms. The van der Waals surface area contributed by atoms with E-state index < -0.39 is 10.8 Å². The molecule has 0 bridgehead atoms. The molecule has 0 saturated carbocycles. The van der Waals surface area contributed by atoms with Crippen molar-refractivity contribution < 1.29 is 9.00 Å². The van der Waals surface area contributed by atoms with Gasteiger partial charge in [0, 0.05) is 35.3 Å². The third-order valence-corrected chi connectivity index (χ3v) is 3.41. The van der Waals surface area contributed by atoms with Crippen LogP contribution >= 0.6 is 0 Å². The fraction of sp³-hybridized carbons (Fsp3) is 0.900. The minimum Gasteiger partial charge on any atom is -0.355 e. The molecule has 3 nitrogen and oxygen atoms in total. The van der Waals surface area contributed by atoms with Crippen LogP contribution in [-0.4, -0.2) is 28.2 Å². The van der Waals surface area contributed by atoms with Gasteiger partial charge in [-0.1, -0.05) is 27.7 Å². The number of rotatable bonds is 5. The molecule has 1 unspecified atom stereocenters. The normalized spacial score (nSPS) is 13.7. The molecule has 84 valence electrons. The van der Waals surface area contributed by atoms with E-state index in [1.54, 1.807) is 6.92 Å². The average molecular weight is 219 g/mol. The van der Waals surface area contributed by atoms with E-state index in [4.69, 9.17) is 0 Å². The predicted octanol–water partition coefficient (Wildman–Crippen LogP) is 1.31. The van der Waals surface area contributed by atoms with Crippen LogP contribution in [0.5, 0.6) is 0 Å². The minimum absolute atomic E-state index is 0.0257. The topological polar surface area (TPSA) is 46.2 Å². The number of hydrogen-bond donors (Lipinski definition) is 1. The average Bonchev–Trinajstić information content (AvgIpc) is 2.00. The van der Waals surface area contributed by atoms with Gasteiger partial charge in [-0.05, 0) is 5.41 Å². The van der Waals surface area contributed by atoms with Crippen molar-refractivity contribution in [3.05, 3.63) is 0 Å². The van der Waals surface area contributed by atoms with Crippen molar-refractivity contribution in [1.29, 1.82) is 0 Å². The molecule has 0 aliphatic heterocycles. The van der Waals surface area contributed by atoms with Crippen molar-refractivity contribution >= 4 is 16.7 Å². The van der Waals surface area contributed by atoms with E-state index in [0.717, 1.165) is 0 Å². The summed E-state index contributed by atoms with van der Waals surface area (Å²) in [6.45, 7) is 8.53. The predicted molar refractivity (Wildman–Crippen MR) is 60.6 cm³/mol. The van der Waals surface area contributed by atoms with E-state index in [-0.39, 0.29) is 11.3 Å². The highest BCUT2D eigenvalue weighted by Gasteiger charge is 2.14. The SMILES string of the molecule is CCC(=O)NCCS(=O)CC(C)(C)C. The Morgan fingerprint density at radius 3 is 2.36 bits per heavy atom. The van der Waals surface area contributed by atoms with Gasteiger partial charge in [0.1, 0.15) is 0 Å². The Hall–Kier alpha value is -0.380. The largest absolute Gasteiger partial charge is 0.355 e. The lowest BCUT2D eigenvalue weighted by molar-refractivity contribution is -0.120. The van der Waals surface area contributed by atoms with Gasteiger partial charge < -0.3 is 5.32 Å². The molecule has 0 aliphatic rings. The number of nitrogens with one attached hydrogen (secondary N) is 1. The highest BCUT2D eigenvalue weighted by molar-refractivity contribution is 7.85. The molecule has 0 aliphatic carbocycles. The van der Waals surface area contributed by atoms with Crippen LogP contribution in [0.4, 0.5) is 0 Å². The summed E-state index contributed by atoms with van der Waals surface area (Å²) in [7, 11) is -0.823. The molecule has 0 rings (SSSR count). The van der Waals surface area contributed by atoms with Gasteiger partial charge in [0.2, 0.25) is 5.91 Å². The Morgan fingerprint density at radius 1 is 1.36 bits per heavy atom. The first-order chi connectivity index (χ1) is 6.35. The number of amides is 1. The van der Waals surface area contributed by atoms with Gasteiger partial charge in [-0.15, -0.1) is 0 Å². The van der Waals surface area contributed by atoms with Crippen LogP contribution in [0, 0.1) is 5.41 Å². The monoisotopic (exact) mass is 219 g/mol. The molecular formula is C10H21NO2S. The van der Waals surface area contributed by atoms with Crippen molar-refractivity contribution in [1.82, 2.24) is 5.32 Å². The second kappa shape index (κ2) is 6.17. The zero-order chi connectivity index (χ0) is 11.2. The van der Waals surface area contributed by atoms with Crippen molar-refractivity contribution in [3.8, 4) is 0 Å². The molecule has 1 atom stereocenters. The highest BCUT2D eigenvalue weighted by atomic mass is 32.2. The van der Waals surface area contributed by atoms with Gasteiger partial charge in [-0.3, -0.25) is 9.00 Å². The van der Waals surface area contributed by atoms with Gasteiger partial charge >= 0.3 is 0 Å². The summed E-state index contributed by atoms with van der Waals surface area (Å²) in [5.74, 6) is 1.27. The zero-order valence-corrected chi connectivity index (χ0v) is 10.4. The van der Waals surface area contributed by atoms with Crippen molar-refractivity contribution in [3.63, 3.8) is 0 Å². The Bertz CT molecular complexity index is 209. The maximum absolute atomic E-state index is 11.5. The molecular weight excluding hydrogens is 198 g/mol. The molecule has 0 radical (unpaired) electrons. The van der Waals surface area contributed by atoms with Crippen molar-refractivity contribution in [2.75, 3.05) is 18.1 Å². The summed E-state index contributed by atoms with van der Waals surface area (Å²) in [4.78, 5) is 10.9. The van der Waals surface area contributed by atoms with E-state index in [9.17, 15) is 9.00 Å². The van der Waals surface area contributed by atoms with Crippen LogP contribution in [0.1, 0.15) is 34.1 Å². The molecule has 0 heterocycles. The maximum Gasteiger partial charge on any atom is 0.219 e. The zero-order valence-electron chi connectivity index (χ0n) is 9.55. The van der Waals surface area contributed by atoms with Gasteiger partial charge in [-0.2, -0.15) is 0 Å². The van der Waals surface area contributed by atoms with Crippen LogP contribution in [0.3, 0.4) is 0 Å². The molecule has 4 heteroatoms. The maximum atomic E-state index is 11.5. The van der Waals surface area contributed by atoms with Crippen molar-refractivity contribution in [2.45, 2.75) is 34.1 Å². The van der Waals surface area contributed by atoms with Gasteiger partial charge in [0.05, 0.1) is 0 Å². The van der Waals surface area contributed by atoms with E-state index in [1.807, 2.05) is 0 Å². The van der Waals surface area contributed by atoms with E-state index in [2.05, 4.69) is 26.1 Å². The molecule has 0 fully saturated rings. The van der Waals surface area contributed by atoms with Gasteiger partial charge in [0.15, 0.2) is 0 Å². The standard InChI is InChI=1S/C10H21NO2S/c1-5-9(12)11-6-7-14(13)8-10(2,3)4/h5-8H2,1-4H3,(H,11,12). The molecule has 0 aromatic heterocycles. The molecule has 0 saturated heterocycles. The second-order valence-electron chi connectivity index (χ2n) is 4.55. The summed E-state index contributed by atoms with van der Waals surface area (Å²) < 4.78 is 11.5. The first kappa shape index (κ1) is 13.6. The summed E-state index contributed by atoms with van der Waals surface area (Å²) in [6.07, 6.45) is 0.492. The second-order valence-corrected chi connectivity index (χ2v) is 6.13. The van der Waals surface area contributed by atoms with E-state index >= 15 is 0 Å². The van der Waals surface area contributed by atoms with Crippen LogP contribution in [-0.2, 0) is 15.6 Å². The molecule has 0 aromatic rings. The molecule has 0 aromatic carbocycles. The number of carbonyl (C=O) groups is 1. The van der Waals surface area contributed by atoms with Crippen LogP contribution in [0.15, 0.2) is 0 Å². The first-order valence-corrected chi connectivity index (χ1v) is 6.45. The molecule has 1 N–H and O–H groups in total. The fourth-order valence-electron chi connectivity index (χ4n) is 0.984. The quantitative estimate of drug-likeness (QED) is 0.757. The highest BCUT2D eigenvalue weighted by Crippen LogP contribution is 2.14. The minimum atomic E-state index is -0.823. The first-order valence-electron chi connectivity index (χ1n) is 4.97. The van der Waals surface area contributed by atoms with Crippen molar-refractivity contribution in [2.24, 2.45) is 5.41 Å². The summed E-state index contributed by atoms with van der Waals surface area (Å²) in [5, 5.41) is 2.72. The third kappa shape index (κ3) is 8.23. The Kier molecular flexibility index (Phi) is 6.00. The molecule has 14 heavy (non-hydrogen) atoms. The summed E-state index contributed by atoms with van der Waals surface area (Å²) in [6, 6.07) is 0. The lowest BCUT2D eigenvalue weighted by atomic mass is 10.0. The summed E-state index contributed by atoms with van der Waals surface area (Å²) in [5.41, 5.74) is 0.0969. The number of hydrogen-bond acceptors (Lipinski definition) is 2. The van der Waals surface area contributed by atoms with E-state index in [1.165, 1.54) is 0 Å². The van der Waals surface area contributed by atoms with E-state index in [0.29, 0.717) is 24.5 Å². The third-order valence-electron chi connectivity index (χ3n) is 1.57. The van der Waals surface area contributed by atoms with Crippen LogP contribution in [0.25, 0.3) is 0 Å². The van der Waals surface area contributed by atoms with Crippen LogP contribution < -0.4 is 5.32 Å². The lowest BCUT2D eigenvalue weighted by Gasteiger charge is -2.17. The van der Waals surface area contributed by atoms with Crippen LogP contribution in [0.2, 0.25) is 0 Å². The van der Waals surface area contributed by atoms with Gasteiger partial charge in [0.25, 0.3) is 0 Å². The smallest absolute Gasteiger partial charge is 0.219 e. The number of carbonyl (C=O) groups excluding carboxylic acids is 1. The Balaban J connectivity index is 3.60. The Labute approximate surface area is 89.1 Å². The molecule has 1 amide bonds. The Morgan fingerprint density at radius 2 is 1.93 bits per heavy atom. The summed E-state index contributed by atoms with van der Waals surface area (Å²) >= 11 is 0. The lowest BCUT2D eigenvalue weighted by Crippen LogP contribution is -2.29. The fourth-order valence-corrected chi connectivity index (χ4v) is 2.42. The van der Waals surface area contributed by atoms with Gasteiger partial charge in [-0.25, -0.2) is 0 Å².